The third-order valence-corrected chi connectivity index (χ3v) is 0.787. The minimum absolute atomic E-state index is 0.537. The van der Waals surface area contributed by atoms with Crippen LogP contribution in [-0.2, 0) is 4.79 Å². The van der Waals surface area contributed by atoms with Crippen molar-refractivity contribution in [3.05, 3.63) is 35.9 Å². The van der Waals surface area contributed by atoms with Crippen molar-refractivity contribution in [2.24, 2.45) is 0 Å². The summed E-state index contributed by atoms with van der Waals surface area (Å²) in [7, 11) is 0. The highest BCUT2D eigenvalue weighted by Gasteiger charge is 1.88. The summed E-state index contributed by atoms with van der Waals surface area (Å²) in [5, 5.41) is 7.42. The quantitative estimate of drug-likeness (QED) is 0.653. The first-order valence-corrected chi connectivity index (χ1v) is 3.13. The van der Waals surface area contributed by atoms with Crippen LogP contribution in [0, 0.1) is 11.6 Å². The fraction of sp³-hybridized carbons (Fsp3) is 0.125. The maximum absolute atomic E-state index is 11.9. The summed E-state index contributed by atoms with van der Waals surface area (Å²) < 4.78 is 23.9. The maximum Gasteiger partial charge on any atom is 0.300 e. The van der Waals surface area contributed by atoms with Crippen molar-refractivity contribution in [3.8, 4) is 0 Å². The highest BCUT2D eigenvalue weighted by Crippen LogP contribution is 1.99. The second-order valence-corrected chi connectivity index (χ2v) is 1.96. The third kappa shape index (κ3) is 6.67. The molecule has 0 fully saturated rings. The molecule has 0 atom stereocenters. The van der Waals surface area contributed by atoms with E-state index in [4.69, 9.17) is 9.90 Å². The van der Waals surface area contributed by atoms with Gasteiger partial charge < -0.3 is 5.11 Å². The first kappa shape index (κ1) is 10.6. The third-order valence-electron chi connectivity index (χ3n) is 0.787. The Labute approximate surface area is 68.5 Å². The Morgan fingerprint density at radius 1 is 1.33 bits per heavy atom. The number of hydrogen-bond acceptors (Lipinski definition) is 1. The fourth-order valence-electron chi connectivity index (χ4n) is 0.460. The van der Waals surface area contributed by atoms with Gasteiger partial charge in [0.05, 0.1) is 0 Å². The largest absolute Gasteiger partial charge is 0.481 e. The van der Waals surface area contributed by atoms with Crippen molar-refractivity contribution in [2.75, 3.05) is 0 Å². The molecule has 0 bridgehead atoms. The lowest BCUT2D eigenvalue weighted by Crippen LogP contribution is -1.78. The predicted molar refractivity (Wildman–Crippen MR) is 39.7 cm³/mol. The minimum atomic E-state index is -0.833. The maximum atomic E-state index is 11.9. The number of benzene rings is 1. The molecule has 0 aromatic heterocycles. The number of carboxylic acid groups (broad SMARTS) is 1. The van der Waals surface area contributed by atoms with E-state index in [1.807, 2.05) is 0 Å². The van der Waals surface area contributed by atoms with Gasteiger partial charge in [-0.3, -0.25) is 4.79 Å². The fourth-order valence-corrected chi connectivity index (χ4v) is 0.460. The highest BCUT2D eigenvalue weighted by atomic mass is 19.1. The van der Waals surface area contributed by atoms with E-state index in [9.17, 15) is 8.78 Å². The lowest BCUT2D eigenvalue weighted by molar-refractivity contribution is -0.134. The summed E-state index contributed by atoms with van der Waals surface area (Å²) in [5.74, 6) is -1.91. The molecule has 2 nitrogen and oxygen atoms in total. The molecule has 0 saturated carbocycles. The van der Waals surface area contributed by atoms with E-state index in [2.05, 4.69) is 0 Å². The van der Waals surface area contributed by atoms with Gasteiger partial charge in [-0.25, -0.2) is 8.78 Å². The molecule has 4 heteroatoms. The van der Waals surface area contributed by atoms with Crippen LogP contribution in [0.3, 0.4) is 0 Å². The van der Waals surface area contributed by atoms with Gasteiger partial charge in [0.15, 0.2) is 0 Å². The summed E-state index contributed by atoms with van der Waals surface area (Å²) in [6.07, 6.45) is 0. The number of hydrogen-bond donors (Lipinski definition) is 1. The molecule has 1 N–H and O–H groups in total. The molecule has 12 heavy (non-hydrogen) atoms. The van der Waals surface area contributed by atoms with Crippen molar-refractivity contribution < 1.29 is 18.7 Å². The Balaban J connectivity index is 0.000000261. The molecule has 0 aliphatic carbocycles. The molecule has 0 saturated heterocycles. The molecule has 0 radical (unpaired) electrons. The van der Waals surface area contributed by atoms with Crippen LogP contribution >= 0.6 is 0 Å². The van der Waals surface area contributed by atoms with Gasteiger partial charge in [-0.2, -0.15) is 0 Å². The number of carbonyl (C=O) groups is 1. The van der Waals surface area contributed by atoms with Gasteiger partial charge in [0, 0.05) is 13.0 Å². The second-order valence-electron chi connectivity index (χ2n) is 1.96. The van der Waals surface area contributed by atoms with Crippen LogP contribution in [0.25, 0.3) is 0 Å². The van der Waals surface area contributed by atoms with Gasteiger partial charge in [-0.1, -0.05) is 6.07 Å². The van der Waals surface area contributed by atoms with Crippen molar-refractivity contribution in [1.29, 1.82) is 0 Å². The minimum Gasteiger partial charge on any atom is -0.481 e. The van der Waals surface area contributed by atoms with Crippen LogP contribution in [0.2, 0.25) is 0 Å². The first-order chi connectivity index (χ1) is 5.52. The van der Waals surface area contributed by atoms with Crippen LogP contribution in [-0.4, -0.2) is 11.1 Å². The monoisotopic (exact) mass is 174 g/mol. The first-order valence-electron chi connectivity index (χ1n) is 3.13. The molecular weight excluding hydrogens is 166 g/mol. The molecule has 1 rings (SSSR count). The van der Waals surface area contributed by atoms with E-state index < -0.39 is 17.6 Å². The van der Waals surface area contributed by atoms with Crippen LogP contribution in [0.1, 0.15) is 6.92 Å². The smallest absolute Gasteiger partial charge is 0.300 e. The number of halogens is 2. The van der Waals surface area contributed by atoms with Gasteiger partial charge in [-0.05, 0) is 12.1 Å². The van der Waals surface area contributed by atoms with Crippen LogP contribution in [0.5, 0.6) is 0 Å². The SMILES string of the molecule is CC(=O)O.Fc1cccc(F)c1. The van der Waals surface area contributed by atoms with Crippen LogP contribution in [0.4, 0.5) is 8.78 Å². The Morgan fingerprint density at radius 3 is 1.83 bits per heavy atom. The Morgan fingerprint density at radius 2 is 1.67 bits per heavy atom. The molecule has 0 heterocycles. The molecule has 0 unspecified atom stereocenters. The molecule has 66 valence electrons. The average Bonchev–Trinajstić information content (AvgIpc) is 1.84. The van der Waals surface area contributed by atoms with Crippen LogP contribution < -0.4 is 0 Å². The Hall–Kier alpha value is -1.45. The van der Waals surface area contributed by atoms with E-state index in [-0.39, 0.29) is 0 Å². The normalized spacial score (nSPS) is 8.25. The summed E-state index contributed by atoms with van der Waals surface area (Å²) >= 11 is 0. The van der Waals surface area contributed by atoms with Gasteiger partial charge in [0.25, 0.3) is 5.97 Å². The van der Waals surface area contributed by atoms with Gasteiger partial charge in [-0.15, -0.1) is 0 Å². The number of carboxylic acids is 1. The van der Waals surface area contributed by atoms with Gasteiger partial charge in [0.1, 0.15) is 11.6 Å². The molecule has 1 aromatic carbocycles. The zero-order valence-electron chi connectivity index (χ0n) is 6.42. The van der Waals surface area contributed by atoms with Gasteiger partial charge >= 0.3 is 0 Å². The van der Waals surface area contributed by atoms with E-state index in [0.29, 0.717) is 0 Å². The van der Waals surface area contributed by atoms with E-state index in [1.54, 1.807) is 0 Å². The molecular formula is C8H8F2O2. The summed E-state index contributed by atoms with van der Waals surface area (Å²) in [4.78, 5) is 9.00. The summed E-state index contributed by atoms with van der Waals surface area (Å²) in [5.41, 5.74) is 0. The molecule has 1 aromatic rings. The Kier molecular flexibility index (Phi) is 4.60. The topological polar surface area (TPSA) is 37.3 Å². The summed E-state index contributed by atoms with van der Waals surface area (Å²) in [6.45, 7) is 1.08. The average molecular weight is 174 g/mol. The van der Waals surface area contributed by atoms with E-state index in [1.165, 1.54) is 18.2 Å². The van der Waals surface area contributed by atoms with Gasteiger partial charge in [0.2, 0.25) is 0 Å². The standard InChI is InChI=1S/C6H4F2.C2H4O2/c7-5-2-1-3-6(8)4-5;1-2(3)4/h1-4H;1H3,(H,3,4). The van der Waals surface area contributed by atoms with Crippen molar-refractivity contribution in [1.82, 2.24) is 0 Å². The molecule has 0 amide bonds. The lowest BCUT2D eigenvalue weighted by Gasteiger charge is -1.84. The van der Waals surface area contributed by atoms with Crippen LogP contribution in [0.15, 0.2) is 24.3 Å². The van der Waals surface area contributed by atoms with E-state index in [0.717, 1.165) is 13.0 Å². The lowest BCUT2D eigenvalue weighted by atomic mass is 10.3. The van der Waals surface area contributed by atoms with Crippen molar-refractivity contribution >= 4 is 5.97 Å². The van der Waals surface area contributed by atoms with Crippen molar-refractivity contribution in [3.63, 3.8) is 0 Å². The molecule has 0 spiro atoms. The highest BCUT2D eigenvalue weighted by molar-refractivity contribution is 5.62. The zero-order chi connectivity index (χ0) is 9.56. The number of rotatable bonds is 0. The number of aliphatic carboxylic acids is 1. The molecule has 0 aliphatic rings. The van der Waals surface area contributed by atoms with Crippen molar-refractivity contribution in [2.45, 2.75) is 6.92 Å². The summed E-state index contributed by atoms with van der Waals surface area (Å²) in [6, 6.07) is 4.55. The second kappa shape index (κ2) is 5.23. The van der Waals surface area contributed by atoms with E-state index >= 15 is 0 Å². The predicted octanol–water partition coefficient (Wildman–Crippen LogP) is 2.06. The zero-order valence-corrected chi connectivity index (χ0v) is 6.42. The Bertz CT molecular complexity index is 240. The molecule has 0 aliphatic heterocycles.